The summed E-state index contributed by atoms with van der Waals surface area (Å²) in [6, 6.07) is 0. The van der Waals surface area contributed by atoms with Gasteiger partial charge >= 0.3 is 0 Å². The van der Waals surface area contributed by atoms with E-state index in [0.717, 1.165) is 0 Å². The lowest BCUT2D eigenvalue weighted by Gasteiger charge is -1.82. The van der Waals surface area contributed by atoms with Crippen molar-refractivity contribution < 1.29 is 0 Å². The topological polar surface area (TPSA) is 36.2 Å². The first kappa shape index (κ1) is 4.66. The average Bonchev–Trinajstić information content (AvgIpc) is 1.38. The van der Waals surface area contributed by atoms with Crippen molar-refractivity contribution in [3.63, 3.8) is 0 Å². The molecular formula is C2H5BN2. The highest BCUT2D eigenvalue weighted by Crippen LogP contribution is 1.72. The lowest BCUT2D eigenvalue weighted by atomic mass is 10.0. The smallest absolute Gasteiger partial charge is 0.104 e. The van der Waals surface area contributed by atoms with Crippen LogP contribution in [0, 0.1) is 5.53 Å². The fraction of sp³-hybridized carbons (Fsp3) is 1.00. The van der Waals surface area contributed by atoms with Gasteiger partial charge in [0.2, 0.25) is 0 Å². The first-order valence-corrected chi connectivity index (χ1v) is 1.39. The zero-order chi connectivity index (χ0) is 4.28. The number of nitrogens with zero attached hydrogens (tertiary/aromatic N) is 1. The molecule has 0 aromatic rings. The van der Waals surface area contributed by atoms with Gasteiger partial charge in [0.05, 0.1) is 0 Å². The molecule has 0 spiro atoms. The van der Waals surface area contributed by atoms with Gasteiger partial charge in [-0.25, -0.2) is 10.6 Å². The number of hydrogen-bond donors (Lipinski definition) is 1. The van der Waals surface area contributed by atoms with Crippen LogP contribution in [0.1, 0.15) is 6.92 Å². The highest BCUT2D eigenvalue weighted by molar-refractivity contribution is 6.11. The molecule has 5 heavy (non-hydrogen) atoms. The maximum absolute atomic E-state index is 6.16. The second kappa shape index (κ2) is 1.94. The minimum absolute atomic E-state index is 0.324. The number of nitrogens with one attached hydrogen (secondary N) is 1. The molecule has 0 aliphatic rings. The van der Waals surface area contributed by atoms with E-state index in [1.807, 2.05) is 0 Å². The Morgan fingerprint density at radius 2 is 2.20 bits per heavy atom. The Morgan fingerprint density at radius 1 is 2.00 bits per heavy atom. The molecule has 0 aromatic heterocycles. The van der Waals surface area contributed by atoms with Crippen LogP contribution in [-0.4, -0.2) is 13.8 Å². The van der Waals surface area contributed by atoms with E-state index in [-0.39, 0.29) is 5.94 Å². The highest BCUT2D eigenvalue weighted by Gasteiger charge is 1.77. The Balaban J connectivity index is 2.83. The Labute approximate surface area is 32.5 Å². The van der Waals surface area contributed by atoms with Crippen LogP contribution in [0.15, 0.2) is 5.11 Å². The van der Waals surface area contributed by atoms with Crippen LogP contribution in [0.25, 0.3) is 0 Å². The molecule has 0 heterocycles. The van der Waals surface area contributed by atoms with Gasteiger partial charge in [0.25, 0.3) is 0 Å². The summed E-state index contributed by atoms with van der Waals surface area (Å²) in [5.74, 6) is -0.324. The standard InChI is InChI=1S/C2H5BN2/c1-2(3)5-4/h2,4H,1H3. The third-order valence-corrected chi connectivity index (χ3v) is 0.204. The molecule has 1 unspecified atom stereocenters. The Hall–Kier alpha value is -0.335. The molecule has 0 aliphatic heterocycles. The van der Waals surface area contributed by atoms with Crippen molar-refractivity contribution in [2.45, 2.75) is 12.9 Å². The molecule has 0 amide bonds. The zero-order valence-electron chi connectivity index (χ0n) is 3.10. The molecule has 0 fully saturated rings. The lowest BCUT2D eigenvalue weighted by Crippen LogP contribution is -1.90. The zero-order valence-corrected chi connectivity index (χ0v) is 3.10. The average molecular weight is 67.9 g/mol. The van der Waals surface area contributed by atoms with E-state index in [1.165, 1.54) is 0 Å². The van der Waals surface area contributed by atoms with Crippen molar-refractivity contribution >= 4 is 7.85 Å². The van der Waals surface area contributed by atoms with Gasteiger partial charge in [-0.2, -0.15) is 0 Å². The van der Waals surface area contributed by atoms with Crippen molar-refractivity contribution in [1.29, 1.82) is 5.53 Å². The van der Waals surface area contributed by atoms with Gasteiger partial charge in [-0.1, -0.05) is 0 Å². The molecule has 0 rings (SSSR count). The molecule has 2 nitrogen and oxygen atoms in total. The third kappa shape index (κ3) is 3.66. The third-order valence-electron chi connectivity index (χ3n) is 0.204. The van der Waals surface area contributed by atoms with Crippen LogP contribution in [0.2, 0.25) is 0 Å². The van der Waals surface area contributed by atoms with E-state index in [4.69, 9.17) is 13.4 Å². The first-order chi connectivity index (χ1) is 2.27. The SMILES string of the molecule is [B]C(C)N=N. The molecule has 26 valence electrons. The van der Waals surface area contributed by atoms with Gasteiger partial charge in [-0.3, -0.25) is 0 Å². The van der Waals surface area contributed by atoms with Crippen molar-refractivity contribution in [2.24, 2.45) is 5.11 Å². The van der Waals surface area contributed by atoms with Gasteiger partial charge in [0.15, 0.2) is 0 Å². The molecule has 2 radical (unpaired) electrons. The van der Waals surface area contributed by atoms with E-state index in [1.54, 1.807) is 6.92 Å². The monoisotopic (exact) mass is 68.1 g/mol. The van der Waals surface area contributed by atoms with Crippen LogP contribution in [-0.2, 0) is 0 Å². The van der Waals surface area contributed by atoms with Crippen LogP contribution in [0.5, 0.6) is 0 Å². The van der Waals surface area contributed by atoms with E-state index in [9.17, 15) is 0 Å². The second-order valence-corrected chi connectivity index (χ2v) is 0.870. The Morgan fingerprint density at radius 3 is 2.20 bits per heavy atom. The van der Waals surface area contributed by atoms with Crippen molar-refractivity contribution in [1.82, 2.24) is 0 Å². The van der Waals surface area contributed by atoms with Gasteiger partial charge in [-0.05, 0) is 6.92 Å². The quantitative estimate of drug-likeness (QED) is 0.343. The molecule has 0 aromatic carbocycles. The molecule has 0 aliphatic carbocycles. The molecule has 0 bridgehead atoms. The number of hydrogen-bond acceptors (Lipinski definition) is 2. The molecule has 0 saturated heterocycles. The van der Waals surface area contributed by atoms with Crippen molar-refractivity contribution in [3.8, 4) is 0 Å². The molecular weight excluding hydrogens is 62.8 g/mol. The minimum Gasteiger partial charge on any atom is -0.210 e. The summed E-state index contributed by atoms with van der Waals surface area (Å²) in [5, 5.41) is 2.92. The summed E-state index contributed by atoms with van der Waals surface area (Å²) in [6.45, 7) is 1.65. The highest BCUT2D eigenvalue weighted by atomic mass is 15.0. The van der Waals surface area contributed by atoms with Gasteiger partial charge in [-0.15, -0.1) is 0 Å². The second-order valence-electron chi connectivity index (χ2n) is 0.870. The molecule has 1 N–H and O–H groups in total. The number of rotatable bonds is 1. The van der Waals surface area contributed by atoms with Crippen molar-refractivity contribution in [3.05, 3.63) is 0 Å². The maximum atomic E-state index is 6.16. The van der Waals surface area contributed by atoms with Gasteiger partial charge in [0, 0.05) is 5.94 Å². The van der Waals surface area contributed by atoms with E-state index < -0.39 is 0 Å². The normalized spacial score (nSPS) is 13.8. The molecule has 3 heteroatoms. The predicted molar refractivity (Wildman–Crippen MR) is 20.4 cm³/mol. The molecule has 1 atom stereocenters. The van der Waals surface area contributed by atoms with Crippen LogP contribution >= 0.6 is 0 Å². The summed E-state index contributed by atoms with van der Waals surface area (Å²) in [5.41, 5.74) is 6.16. The maximum Gasteiger partial charge on any atom is 0.104 e. The van der Waals surface area contributed by atoms with E-state index in [0.29, 0.717) is 0 Å². The summed E-state index contributed by atoms with van der Waals surface area (Å²) in [7, 11) is 4.94. The van der Waals surface area contributed by atoms with Crippen LogP contribution in [0.3, 0.4) is 0 Å². The lowest BCUT2D eigenvalue weighted by molar-refractivity contribution is 0.883. The fourth-order valence-electron chi connectivity index (χ4n) is 0. The molecule has 0 saturated carbocycles. The summed E-state index contributed by atoms with van der Waals surface area (Å²) in [6.07, 6.45) is 0. The van der Waals surface area contributed by atoms with Gasteiger partial charge in [0.1, 0.15) is 7.85 Å². The summed E-state index contributed by atoms with van der Waals surface area (Å²) < 4.78 is 0. The van der Waals surface area contributed by atoms with Crippen LogP contribution in [0.4, 0.5) is 0 Å². The van der Waals surface area contributed by atoms with Gasteiger partial charge < -0.3 is 0 Å². The predicted octanol–water partition coefficient (Wildman–Crippen LogP) is 0.532. The van der Waals surface area contributed by atoms with Crippen LogP contribution < -0.4 is 0 Å². The fourth-order valence-corrected chi connectivity index (χ4v) is 0. The van der Waals surface area contributed by atoms with E-state index in [2.05, 4.69) is 5.11 Å². The first-order valence-electron chi connectivity index (χ1n) is 1.39. The van der Waals surface area contributed by atoms with Crippen molar-refractivity contribution in [2.75, 3.05) is 0 Å². The minimum atomic E-state index is -0.324. The largest absolute Gasteiger partial charge is 0.210 e. The summed E-state index contributed by atoms with van der Waals surface area (Å²) in [4.78, 5) is 0. The summed E-state index contributed by atoms with van der Waals surface area (Å²) >= 11 is 0. The Kier molecular flexibility index (Phi) is 1.81. The Bertz CT molecular complexity index is 34.6. The van der Waals surface area contributed by atoms with E-state index >= 15 is 0 Å².